The standard InChI is InChI=1S/C22H21F2N3O2/c1-14-4-2-7-17-19(14)18(22(28)27-8-10-29-11-9-27)13-25-21(17)26-16-6-3-5-15(12-16)20(23)24/h2-7,12-13,20H,8-11H2,1H3,(H,25,26). The number of amides is 1. The van der Waals surface area contributed by atoms with Crippen molar-refractivity contribution in [3.8, 4) is 0 Å². The Morgan fingerprint density at radius 3 is 2.69 bits per heavy atom. The van der Waals surface area contributed by atoms with Gasteiger partial charge in [0.25, 0.3) is 12.3 Å². The van der Waals surface area contributed by atoms with Gasteiger partial charge in [-0.1, -0.05) is 30.3 Å². The van der Waals surface area contributed by atoms with Gasteiger partial charge in [0.15, 0.2) is 0 Å². The van der Waals surface area contributed by atoms with Gasteiger partial charge in [0.05, 0.1) is 18.8 Å². The van der Waals surface area contributed by atoms with Gasteiger partial charge in [0, 0.05) is 41.3 Å². The molecule has 1 aliphatic rings. The number of carbonyl (C=O) groups is 1. The lowest BCUT2D eigenvalue weighted by atomic mass is 10.0. The molecule has 1 aliphatic heterocycles. The molecular formula is C22H21F2N3O2. The average Bonchev–Trinajstić information content (AvgIpc) is 2.74. The van der Waals surface area contributed by atoms with E-state index in [0.717, 1.165) is 16.3 Å². The average molecular weight is 397 g/mol. The summed E-state index contributed by atoms with van der Waals surface area (Å²) < 4.78 is 31.4. The maximum Gasteiger partial charge on any atom is 0.263 e. The van der Waals surface area contributed by atoms with Crippen LogP contribution in [0, 0.1) is 6.92 Å². The molecule has 2 heterocycles. The van der Waals surface area contributed by atoms with Crippen molar-refractivity contribution in [1.82, 2.24) is 9.88 Å². The highest BCUT2D eigenvalue weighted by Crippen LogP contribution is 2.31. The quantitative estimate of drug-likeness (QED) is 0.694. The van der Waals surface area contributed by atoms with Crippen molar-refractivity contribution >= 4 is 28.2 Å². The lowest BCUT2D eigenvalue weighted by Gasteiger charge is -2.27. The van der Waals surface area contributed by atoms with E-state index in [1.54, 1.807) is 23.2 Å². The van der Waals surface area contributed by atoms with Gasteiger partial charge in [-0.25, -0.2) is 13.8 Å². The maximum absolute atomic E-state index is 13.1. The number of halogens is 2. The second-order valence-electron chi connectivity index (χ2n) is 6.97. The van der Waals surface area contributed by atoms with Crippen LogP contribution >= 0.6 is 0 Å². The van der Waals surface area contributed by atoms with Crippen LogP contribution in [0.3, 0.4) is 0 Å². The van der Waals surface area contributed by atoms with E-state index >= 15 is 0 Å². The SMILES string of the molecule is Cc1cccc2c(Nc3cccc(C(F)F)c3)ncc(C(=O)N3CCOCC3)c12. The van der Waals surface area contributed by atoms with Crippen LogP contribution in [0.1, 0.15) is 27.9 Å². The first-order valence-electron chi connectivity index (χ1n) is 9.45. The van der Waals surface area contributed by atoms with Gasteiger partial charge in [-0.05, 0) is 24.6 Å². The van der Waals surface area contributed by atoms with Gasteiger partial charge in [-0.2, -0.15) is 0 Å². The zero-order chi connectivity index (χ0) is 20.4. The van der Waals surface area contributed by atoms with Crippen LogP contribution in [0.25, 0.3) is 10.8 Å². The van der Waals surface area contributed by atoms with E-state index in [-0.39, 0.29) is 11.5 Å². The maximum atomic E-state index is 13.1. The van der Waals surface area contributed by atoms with E-state index in [0.29, 0.717) is 43.4 Å². The summed E-state index contributed by atoms with van der Waals surface area (Å²) >= 11 is 0. The third-order valence-electron chi connectivity index (χ3n) is 5.05. The van der Waals surface area contributed by atoms with Crippen LogP contribution in [-0.2, 0) is 4.74 Å². The van der Waals surface area contributed by atoms with Crippen molar-refractivity contribution in [3.63, 3.8) is 0 Å². The number of aromatic nitrogens is 1. The zero-order valence-corrected chi connectivity index (χ0v) is 16.0. The number of hydrogen-bond acceptors (Lipinski definition) is 4. The Morgan fingerprint density at radius 2 is 1.93 bits per heavy atom. The first-order chi connectivity index (χ1) is 14.0. The Kier molecular flexibility index (Phi) is 5.40. The molecule has 0 atom stereocenters. The van der Waals surface area contributed by atoms with Gasteiger partial charge in [0.1, 0.15) is 5.82 Å². The van der Waals surface area contributed by atoms with Crippen molar-refractivity contribution in [1.29, 1.82) is 0 Å². The van der Waals surface area contributed by atoms with Crippen molar-refractivity contribution < 1.29 is 18.3 Å². The normalized spacial score (nSPS) is 14.4. The smallest absolute Gasteiger partial charge is 0.263 e. The molecule has 0 unspecified atom stereocenters. The van der Waals surface area contributed by atoms with Crippen LogP contribution in [0.15, 0.2) is 48.7 Å². The molecule has 0 bridgehead atoms. The topological polar surface area (TPSA) is 54.5 Å². The molecule has 4 rings (SSSR count). The largest absolute Gasteiger partial charge is 0.378 e. The first kappa shape index (κ1) is 19.3. The molecule has 1 saturated heterocycles. The predicted molar refractivity (Wildman–Crippen MR) is 108 cm³/mol. The molecule has 2 aromatic carbocycles. The summed E-state index contributed by atoms with van der Waals surface area (Å²) in [6, 6.07) is 11.8. The third-order valence-corrected chi connectivity index (χ3v) is 5.05. The summed E-state index contributed by atoms with van der Waals surface area (Å²) in [5.74, 6) is 0.444. The Balaban J connectivity index is 1.75. The highest BCUT2D eigenvalue weighted by Gasteiger charge is 2.22. The molecule has 1 N–H and O–H groups in total. The third kappa shape index (κ3) is 3.91. The summed E-state index contributed by atoms with van der Waals surface area (Å²) in [4.78, 5) is 19.3. The highest BCUT2D eigenvalue weighted by molar-refractivity contribution is 6.10. The number of carbonyl (C=O) groups excluding carboxylic acids is 1. The molecule has 0 radical (unpaired) electrons. The van der Waals surface area contributed by atoms with Gasteiger partial charge in [-0.15, -0.1) is 0 Å². The summed E-state index contributed by atoms with van der Waals surface area (Å²) in [6.45, 7) is 4.09. The van der Waals surface area contributed by atoms with E-state index in [4.69, 9.17) is 4.74 Å². The monoisotopic (exact) mass is 397 g/mol. The van der Waals surface area contributed by atoms with Crippen LogP contribution in [0.2, 0.25) is 0 Å². The summed E-state index contributed by atoms with van der Waals surface area (Å²) in [6.07, 6.45) is -0.982. The zero-order valence-electron chi connectivity index (χ0n) is 16.0. The molecule has 3 aromatic rings. The Hall–Kier alpha value is -3.06. The fraction of sp³-hybridized carbons (Fsp3) is 0.273. The number of anilines is 2. The van der Waals surface area contributed by atoms with E-state index in [9.17, 15) is 13.6 Å². The number of pyridine rings is 1. The minimum absolute atomic E-state index is 0.0606. The van der Waals surface area contributed by atoms with Crippen molar-refractivity contribution in [2.24, 2.45) is 0 Å². The molecule has 0 saturated carbocycles. The van der Waals surface area contributed by atoms with Crippen LogP contribution in [0.4, 0.5) is 20.3 Å². The lowest BCUT2D eigenvalue weighted by molar-refractivity contribution is 0.0304. The molecular weight excluding hydrogens is 376 g/mol. The van der Waals surface area contributed by atoms with Crippen molar-refractivity contribution in [3.05, 3.63) is 65.4 Å². The minimum Gasteiger partial charge on any atom is -0.378 e. The molecule has 29 heavy (non-hydrogen) atoms. The molecule has 1 aromatic heterocycles. The van der Waals surface area contributed by atoms with Gasteiger partial charge in [0.2, 0.25) is 0 Å². The predicted octanol–water partition coefficient (Wildman–Crippen LogP) is 4.70. The van der Waals surface area contributed by atoms with E-state index in [2.05, 4.69) is 10.3 Å². The summed E-state index contributed by atoms with van der Waals surface area (Å²) in [7, 11) is 0. The van der Waals surface area contributed by atoms with E-state index in [1.807, 2.05) is 25.1 Å². The number of rotatable bonds is 4. The highest BCUT2D eigenvalue weighted by atomic mass is 19.3. The molecule has 0 aliphatic carbocycles. The lowest BCUT2D eigenvalue weighted by Crippen LogP contribution is -2.40. The number of morpholine rings is 1. The number of nitrogens with zero attached hydrogens (tertiary/aromatic N) is 2. The second kappa shape index (κ2) is 8.13. The van der Waals surface area contributed by atoms with Crippen LogP contribution in [-0.4, -0.2) is 42.1 Å². The molecule has 1 fully saturated rings. The molecule has 5 nitrogen and oxygen atoms in total. The van der Waals surface area contributed by atoms with Gasteiger partial charge in [-0.3, -0.25) is 4.79 Å². The number of benzene rings is 2. The number of nitrogens with one attached hydrogen (secondary N) is 1. The van der Waals surface area contributed by atoms with E-state index < -0.39 is 6.43 Å². The van der Waals surface area contributed by atoms with Crippen LogP contribution in [0.5, 0.6) is 0 Å². The summed E-state index contributed by atoms with van der Waals surface area (Å²) in [5, 5.41) is 4.71. The van der Waals surface area contributed by atoms with Crippen LogP contribution < -0.4 is 5.32 Å². The number of alkyl halides is 2. The minimum atomic E-state index is -2.54. The second-order valence-corrected chi connectivity index (χ2v) is 6.97. The summed E-state index contributed by atoms with van der Waals surface area (Å²) in [5.41, 5.74) is 1.94. The fourth-order valence-electron chi connectivity index (χ4n) is 3.57. The fourth-order valence-corrected chi connectivity index (χ4v) is 3.57. The van der Waals surface area contributed by atoms with Gasteiger partial charge < -0.3 is 15.0 Å². The number of aryl methyl sites for hydroxylation is 1. The van der Waals surface area contributed by atoms with E-state index in [1.165, 1.54) is 12.1 Å². The number of hydrogen-bond donors (Lipinski definition) is 1. The number of ether oxygens (including phenoxy) is 1. The molecule has 150 valence electrons. The molecule has 0 spiro atoms. The molecule has 7 heteroatoms. The Bertz CT molecular complexity index is 1050. The number of fused-ring (bicyclic) bond motifs is 1. The van der Waals surface area contributed by atoms with Crippen molar-refractivity contribution in [2.45, 2.75) is 13.3 Å². The Labute approximate surface area is 167 Å². The van der Waals surface area contributed by atoms with Crippen molar-refractivity contribution in [2.75, 3.05) is 31.6 Å². The Morgan fingerprint density at radius 1 is 1.17 bits per heavy atom. The molecule has 1 amide bonds. The first-order valence-corrected chi connectivity index (χ1v) is 9.45. The van der Waals surface area contributed by atoms with Gasteiger partial charge >= 0.3 is 0 Å².